The van der Waals surface area contributed by atoms with E-state index < -0.39 is 17.8 Å². The van der Waals surface area contributed by atoms with Crippen LogP contribution in [0.15, 0.2) is 42.5 Å². The van der Waals surface area contributed by atoms with Crippen LogP contribution in [0.4, 0.5) is 0 Å². The van der Waals surface area contributed by atoms with Crippen LogP contribution in [0, 0.1) is 6.92 Å². The normalized spacial score (nSPS) is 9.90. The lowest BCUT2D eigenvalue weighted by molar-refractivity contribution is -0.123. The van der Waals surface area contributed by atoms with Gasteiger partial charge in [-0.05, 0) is 61.1 Å². The number of hydrogen-bond acceptors (Lipinski definition) is 6. The molecule has 0 heterocycles. The molecule has 10 heteroatoms. The maximum Gasteiger partial charge on any atom is 0.337 e. The molecule has 0 spiro atoms. The van der Waals surface area contributed by atoms with E-state index in [1.54, 1.807) is 25.1 Å². The summed E-state index contributed by atoms with van der Waals surface area (Å²) in [7, 11) is 1.24. The summed E-state index contributed by atoms with van der Waals surface area (Å²) >= 11 is 10.8. The molecule has 0 aliphatic heterocycles. The van der Waals surface area contributed by atoms with E-state index in [0.29, 0.717) is 10.8 Å². The van der Waals surface area contributed by atoms with Gasteiger partial charge in [-0.1, -0.05) is 17.7 Å². The van der Waals surface area contributed by atoms with Gasteiger partial charge in [-0.2, -0.15) is 0 Å². The largest absolute Gasteiger partial charge is 0.483 e. The van der Waals surface area contributed by atoms with E-state index in [1.165, 1.54) is 31.4 Å². The van der Waals surface area contributed by atoms with Crippen LogP contribution in [0.5, 0.6) is 5.75 Å². The third-order valence-corrected chi connectivity index (χ3v) is 4.02. The number of hydrazine groups is 1. The highest BCUT2D eigenvalue weighted by atomic mass is 35.5. The van der Waals surface area contributed by atoms with Gasteiger partial charge in [0.1, 0.15) is 5.75 Å². The number of esters is 1. The molecule has 8 nitrogen and oxygen atoms in total. The first-order valence-corrected chi connectivity index (χ1v) is 9.06. The summed E-state index contributed by atoms with van der Waals surface area (Å²) in [6.07, 6.45) is 0. The van der Waals surface area contributed by atoms with Crippen molar-refractivity contribution in [2.24, 2.45) is 0 Å². The molecule has 2 aromatic rings. The second kappa shape index (κ2) is 10.4. The van der Waals surface area contributed by atoms with Gasteiger partial charge in [0.2, 0.25) is 0 Å². The average molecular weight is 436 g/mol. The fraction of sp³-hybridized carbons (Fsp3) is 0.158. The van der Waals surface area contributed by atoms with E-state index >= 15 is 0 Å². The molecule has 0 fully saturated rings. The Bertz CT molecular complexity index is 951. The molecule has 2 amide bonds. The molecule has 3 N–H and O–H groups in total. The van der Waals surface area contributed by atoms with Crippen molar-refractivity contribution in [1.82, 2.24) is 16.2 Å². The number of carbonyl (C=O) groups excluding carboxylic acids is 3. The molecule has 0 aliphatic carbocycles. The number of amides is 2. The molecule has 29 heavy (non-hydrogen) atoms. The fourth-order valence-corrected chi connectivity index (χ4v) is 2.56. The second-order valence-electron chi connectivity index (χ2n) is 5.73. The second-order valence-corrected chi connectivity index (χ2v) is 6.57. The maximum atomic E-state index is 12.2. The number of thiocarbonyl (C=S) groups is 1. The molecule has 0 saturated carbocycles. The van der Waals surface area contributed by atoms with Crippen LogP contribution in [0.2, 0.25) is 5.02 Å². The van der Waals surface area contributed by atoms with E-state index in [0.717, 1.165) is 5.56 Å². The minimum Gasteiger partial charge on any atom is -0.483 e. The Kier molecular flexibility index (Phi) is 7.93. The Hall–Kier alpha value is -3.17. The lowest BCUT2D eigenvalue weighted by Crippen LogP contribution is -2.49. The van der Waals surface area contributed by atoms with Crippen LogP contribution in [-0.4, -0.2) is 36.6 Å². The number of aryl methyl sites for hydroxylation is 1. The monoisotopic (exact) mass is 435 g/mol. The van der Waals surface area contributed by atoms with E-state index in [1.807, 2.05) is 0 Å². The van der Waals surface area contributed by atoms with Gasteiger partial charge in [0.25, 0.3) is 11.8 Å². The van der Waals surface area contributed by atoms with Gasteiger partial charge in [0.05, 0.1) is 12.7 Å². The van der Waals surface area contributed by atoms with Gasteiger partial charge >= 0.3 is 5.97 Å². The summed E-state index contributed by atoms with van der Waals surface area (Å²) in [5.41, 5.74) is 5.92. The van der Waals surface area contributed by atoms with Crippen molar-refractivity contribution >= 4 is 46.7 Å². The molecule has 0 unspecified atom stereocenters. The number of ether oxygens (including phenoxy) is 2. The lowest BCUT2D eigenvalue weighted by atomic mass is 10.1. The van der Waals surface area contributed by atoms with Gasteiger partial charge in [0, 0.05) is 10.6 Å². The summed E-state index contributed by atoms with van der Waals surface area (Å²) in [6.45, 7) is 1.53. The predicted molar refractivity (Wildman–Crippen MR) is 111 cm³/mol. The predicted octanol–water partition coefficient (Wildman–Crippen LogP) is 2.15. The average Bonchev–Trinajstić information content (AvgIpc) is 2.71. The Morgan fingerprint density at radius 2 is 1.79 bits per heavy atom. The summed E-state index contributed by atoms with van der Waals surface area (Å²) < 4.78 is 10.0. The Balaban J connectivity index is 1.81. The van der Waals surface area contributed by atoms with E-state index in [4.69, 9.17) is 28.6 Å². The van der Waals surface area contributed by atoms with Crippen LogP contribution in [0.3, 0.4) is 0 Å². The van der Waals surface area contributed by atoms with Crippen LogP contribution in [-0.2, 0) is 9.53 Å². The highest BCUT2D eigenvalue weighted by Crippen LogP contribution is 2.21. The summed E-state index contributed by atoms with van der Waals surface area (Å²) in [6, 6.07) is 11.0. The smallest absolute Gasteiger partial charge is 0.337 e. The van der Waals surface area contributed by atoms with E-state index in [2.05, 4.69) is 20.9 Å². The molecule has 0 aliphatic rings. The molecule has 0 saturated heterocycles. The first-order chi connectivity index (χ1) is 13.8. The highest BCUT2D eigenvalue weighted by Gasteiger charge is 2.12. The number of methoxy groups -OCH3 is 1. The Morgan fingerprint density at radius 3 is 2.48 bits per heavy atom. The van der Waals surface area contributed by atoms with Crippen LogP contribution in [0.1, 0.15) is 26.3 Å². The zero-order chi connectivity index (χ0) is 21.4. The number of rotatable bonds is 5. The lowest BCUT2D eigenvalue weighted by Gasteiger charge is -2.12. The van der Waals surface area contributed by atoms with Gasteiger partial charge < -0.3 is 9.47 Å². The number of hydrogen-bond donors (Lipinski definition) is 3. The number of halogens is 1. The fourth-order valence-electron chi connectivity index (χ4n) is 2.19. The summed E-state index contributed by atoms with van der Waals surface area (Å²) in [4.78, 5) is 35.6. The molecule has 152 valence electrons. The zero-order valence-electron chi connectivity index (χ0n) is 15.6. The number of benzene rings is 2. The topological polar surface area (TPSA) is 106 Å². The van der Waals surface area contributed by atoms with Crippen molar-refractivity contribution in [2.45, 2.75) is 6.92 Å². The molecular formula is C19H18ClN3O5S. The first-order valence-electron chi connectivity index (χ1n) is 8.27. The molecular weight excluding hydrogens is 418 g/mol. The molecule has 2 rings (SSSR count). The molecule has 0 radical (unpaired) electrons. The quantitative estimate of drug-likeness (QED) is 0.375. The van der Waals surface area contributed by atoms with Crippen LogP contribution < -0.4 is 20.9 Å². The summed E-state index contributed by atoms with van der Waals surface area (Å²) in [5, 5.41) is 2.82. The van der Waals surface area contributed by atoms with Crippen molar-refractivity contribution in [1.29, 1.82) is 0 Å². The van der Waals surface area contributed by atoms with Gasteiger partial charge in [-0.15, -0.1) is 0 Å². The van der Waals surface area contributed by atoms with E-state index in [9.17, 15) is 14.4 Å². The number of nitrogens with one attached hydrogen (secondary N) is 3. The molecule has 2 aromatic carbocycles. The van der Waals surface area contributed by atoms with Gasteiger partial charge in [0.15, 0.2) is 11.7 Å². The first kappa shape index (κ1) is 22.1. The van der Waals surface area contributed by atoms with Gasteiger partial charge in [-0.3, -0.25) is 25.8 Å². The molecule has 0 aromatic heterocycles. The van der Waals surface area contributed by atoms with Gasteiger partial charge in [-0.25, -0.2) is 4.79 Å². The summed E-state index contributed by atoms with van der Waals surface area (Å²) in [5.74, 6) is -1.12. The zero-order valence-corrected chi connectivity index (χ0v) is 17.1. The number of carbonyl (C=O) groups is 3. The minimum absolute atomic E-state index is 0.130. The van der Waals surface area contributed by atoms with Crippen molar-refractivity contribution in [3.05, 3.63) is 64.2 Å². The maximum absolute atomic E-state index is 12.2. The molecule has 0 bridgehead atoms. The van der Waals surface area contributed by atoms with E-state index in [-0.39, 0.29) is 22.8 Å². The molecule has 0 atom stereocenters. The van der Waals surface area contributed by atoms with Crippen molar-refractivity contribution in [3.8, 4) is 5.75 Å². The minimum atomic E-state index is -0.566. The third kappa shape index (κ3) is 6.74. The Morgan fingerprint density at radius 1 is 1.07 bits per heavy atom. The Labute approximate surface area is 177 Å². The van der Waals surface area contributed by atoms with Crippen molar-refractivity contribution in [2.75, 3.05) is 13.7 Å². The van der Waals surface area contributed by atoms with Crippen LogP contribution in [0.25, 0.3) is 0 Å². The van der Waals surface area contributed by atoms with Crippen LogP contribution >= 0.6 is 23.8 Å². The SMILES string of the molecule is COC(=O)c1cccc(C(=O)NC(=S)NNC(=O)COc2ccc(Cl)cc2C)c1. The standard InChI is InChI=1S/C19H18ClN3O5S/c1-11-8-14(20)6-7-15(11)28-10-16(24)22-23-19(29)21-17(25)12-4-3-5-13(9-12)18(26)27-2/h3-9H,10H2,1-2H3,(H,22,24)(H2,21,23,25,29). The third-order valence-electron chi connectivity index (χ3n) is 3.58. The van der Waals surface area contributed by atoms with Crippen molar-refractivity contribution in [3.63, 3.8) is 0 Å². The van der Waals surface area contributed by atoms with Crippen molar-refractivity contribution < 1.29 is 23.9 Å². The highest BCUT2D eigenvalue weighted by molar-refractivity contribution is 7.80.